The summed E-state index contributed by atoms with van der Waals surface area (Å²) < 4.78 is 0. The van der Waals surface area contributed by atoms with Crippen LogP contribution in [0.5, 0.6) is 0 Å². The van der Waals surface area contributed by atoms with Crippen LogP contribution in [0.3, 0.4) is 0 Å². The molecule has 3 atom stereocenters. The molecule has 1 aliphatic heterocycles. The zero-order valence-corrected chi connectivity index (χ0v) is 10.3. The van der Waals surface area contributed by atoms with Gasteiger partial charge in [-0.1, -0.05) is 12.8 Å². The Labute approximate surface area is 101 Å². The molecular formula is C11H20N2O2S. The van der Waals surface area contributed by atoms with E-state index in [4.69, 9.17) is 0 Å². The number of thioether (sulfide) groups is 1. The van der Waals surface area contributed by atoms with Crippen molar-refractivity contribution in [1.82, 2.24) is 10.6 Å². The van der Waals surface area contributed by atoms with E-state index < -0.39 is 0 Å². The average molecular weight is 244 g/mol. The third-order valence-electron chi connectivity index (χ3n) is 3.30. The summed E-state index contributed by atoms with van der Waals surface area (Å²) in [6.45, 7) is 0.899. The van der Waals surface area contributed by atoms with Gasteiger partial charge in [0.2, 0.25) is 5.91 Å². The fourth-order valence-corrected chi connectivity index (χ4v) is 3.23. The van der Waals surface area contributed by atoms with E-state index in [1.807, 2.05) is 11.8 Å². The molecule has 2 rings (SSSR count). The van der Waals surface area contributed by atoms with E-state index in [9.17, 15) is 9.90 Å². The molecule has 1 aliphatic carbocycles. The fraction of sp³-hybridized carbons (Fsp3) is 0.909. The van der Waals surface area contributed by atoms with Crippen molar-refractivity contribution < 1.29 is 9.90 Å². The van der Waals surface area contributed by atoms with E-state index in [1.54, 1.807) is 0 Å². The summed E-state index contributed by atoms with van der Waals surface area (Å²) in [7, 11) is 0. The van der Waals surface area contributed by atoms with Crippen molar-refractivity contribution in [2.24, 2.45) is 0 Å². The Balaban J connectivity index is 1.80. The van der Waals surface area contributed by atoms with E-state index in [2.05, 4.69) is 10.6 Å². The maximum atomic E-state index is 11.9. The molecular weight excluding hydrogens is 224 g/mol. The number of carbonyl (C=O) groups is 1. The molecule has 2 fully saturated rings. The van der Waals surface area contributed by atoms with Gasteiger partial charge in [-0.15, -0.1) is 0 Å². The van der Waals surface area contributed by atoms with Gasteiger partial charge in [-0.3, -0.25) is 4.79 Å². The molecule has 1 amide bonds. The lowest BCUT2D eigenvalue weighted by Gasteiger charge is -2.31. The Bertz CT molecular complexity index is 244. The molecule has 0 spiro atoms. The molecule has 1 heterocycles. The summed E-state index contributed by atoms with van der Waals surface area (Å²) in [6.07, 6.45) is 3.55. The number of aliphatic hydroxyl groups is 1. The van der Waals surface area contributed by atoms with Crippen molar-refractivity contribution in [2.75, 3.05) is 18.1 Å². The molecule has 0 bridgehead atoms. The van der Waals surface area contributed by atoms with Crippen molar-refractivity contribution in [1.29, 1.82) is 0 Å². The highest BCUT2D eigenvalue weighted by Gasteiger charge is 2.28. The van der Waals surface area contributed by atoms with E-state index in [0.717, 1.165) is 43.7 Å². The minimum absolute atomic E-state index is 0.0324. The van der Waals surface area contributed by atoms with Crippen LogP contribution in [0.15, 0.2) is 0 Å². The Morgan fingerprint density at radius 3 is 2.88 bits per heavy atom. The van der Waals surface area contributed by atoms with Crippen LogP contribution in [0.25, 0.3) is 0 Å². The SMILES string of the molecule is O=C(NC1CCCCC1O)C1CSCCN1. The van der Waals surface area contributed by atoms with Crippen LogP contribution in [-0.4, -0.2) is 47.3 Å². The number of aliphatic hydroxyl groups excluding tert-OH is 1. The first-order chi connectivity index (χ1) is 7.77. The second-order valence-corrected chi connectivity index (χ2v) is 5.70. The Hall–Kier alpha value is -0.260. The molecule has 1 saturated carbocycles. The highest BCUT2D eigenvalue weighted by molar-refractivity contribution is 7.99. The molecule has 4 nitrogen and oxygen atoms in total. The summed E-state index contributed by atoms with van der Waals surface area (Å²) in [5, 5.41) is 16.0. The van der Waals surface area contributed by atoms with Crippen molar-refractivity contribution >= 4 is 17.7 Å². The molecule has 3 unspecified atom stereocenters. The molecule has 0 aromatic rings. The van der Waals surface area contributed by atoms with Gasteiger partial charge < -0.3 is 15.7 Å². The van der Waals surface area contributed by atoms with E-state index in [1.165, 1.54) is 0 Å². The van der Waals surface area contributed by atoms with E-state index in [-0.39, 0.29) is 24.1 Å². The number of carbonyl (C=O) groups excluding carboxylic acids is 1. The smallest absolute Gasteiger partial charge is 0.238 e. The normalized spacial score (nSPS) is 35.7. The monoisotopic (exact) mass is 244 g/mol. The van der Waals surface area contributed by atoms with Gasteiger partial charge in [0.1, 0.15) is 0 Å². The summed E-state index contributed by atoms with van der Waals surface area (Å²) >= 11 is 1.81. The third-order valence-corrected chi connectivity index (χ3v) is 4.36. The number of nitrogens with one attached hydrogen (secondary N) is 2. The topological polar surface area (TPSA) is 61.4 Å². The Morgan fingerprint density at radius 2 is 2.19 bits per heavy atom. The van der Waals surface area contributed by atoms with Crippen molar-refractivity contribution in [3.8, 4) is 0 Å². The van der Waals surface area contributed by atoms with Gasteiger partial charge in [0.25, 0.3) is 0 Å². The quantitative estimate of drug-likeness (QED) is 0.645. The van der Waals surface area contributed by atoms with Gasteiger partial charge >= 0.3 is 0 Å². The van der Waals surface area contributed by atoms with E-state index >= 15 is 0 Å². The predicted molar refractivity (Wildman–Crippen MR) is 65.5 cm³/mol. The average Bonchev–Trinajstić information content (AvgIpc) is 2.33. The van der Waals surface area contributed by atoms with Crippen LogP contribution in [-0.2, 0) is 4.79 Å². The van der Waals surface area contributed by atoms with Crippen molar-refractivity contribution in [3.05, 3.63) is 0 Å². The molecule has 3 N–H and O–H groups in total. The first kappa shape index (κ1) is 12.2. The second kappa shape index (κ2) is 5.89. The highest BCUT2D eigenvalue weighted by Crippen LogP contribution is 2.18. The minimum Gasteiger partial charge on any atom is -0.391 e. The largest absolute Gasteiger partial charge is 0.391 e. The van der Waals surface area contributed by atoms with Gasteiger partial charge in [-0.25, -0.2) is 0 Å². The molecule has 2 aliphatic rings. The number of hydrogen-bond donors (Lipinski definition) is 3. The first-order valence-corrected chi connectivity index (χ1v) is 7.22. The summed E-state index contributed by atoms with van der Waals surface area (Å²) in [5.74, 6) is 1.97. The molecule has 92 valence electrons. The number of rotatable bonds is 2. The van der Waals surface area contributed by atoms with Crippen LogP contribution in [0.2, 0.25) is 0 Å². The predicted octanol–water partition coefficient (Wildman–Crippen LogP) is 0.111. The lowest BCUT2D eigenvalue weighted by atomic mass is 9.92. The summed E-state index contributed by atoms with van der Waals surface area (Å²) in [4.78, 5) is 11.9. The number of hydrogen-bond acceptors (Lipinski definition) is 4. The summed E-state index contributed by atoms with van der Waals surface area (Å²) in [6, 6.07) is -0.108. The maximum Gasteiger partial charge on any atom is 0.238 e. The maximum absolute atomic E-state index is 11.9. The zero-order chi connectivity index (χ0) is 11.4. The summed E-state index contributed by atoms with van der Waals surface area (Å²) in [5.41, 5.74) is 0. The molecule has 0 aromatic carbocycles. The Kier molecular flexibility index (Phi) is 4.49. The molecule has 0 aromatic heterocycles. The van der Waals surface area contributed by atoms with E-state index in [0.29, 0.717) is 0 Å². The molecule has 0 radical (unpaired) electrons. The standard InChI is InChI=1S/C11H20N2O2S/c14-10-4-2-1-3-8(10)13-11(15)9-7-16-6-5-12-9/h8-10,12,14H,1-7H2,(H,13,15). The van der Waals surface area contributed by atoms with Gasteiger partial charge in [0.15, 0.2) is 0 Å². The minimum atomic E-state index is -0.353. The Morgan fingerprint density at radius 1 is 1.38 bits per heavy atom. The van der Waals surface area contributed by atoms with Crippen LogP contribution in [0, 0.1) is 0 Å². The molecule has 1 saturated heterocycles. The van der Waals surface area contributed by atoms with Gasteiger partial charge in [-0.05, 0) is 12.8 Å². The third kappa shape index (κ3) is 3.12. The van der Waals surface area contributed by atoms with Crippen LogP contribution >= 0.6 is 11.8 Å². The molecule has 16 heavy (non-hydrogen) atoms. The van der Waals surface area contributed by atoms with Gasteiger partial charge in [0.05, 0.1) is 18.2 Å². The van der Waals surface area contributed by atoms with Gasteiger partial charge in [0, 0.05) is 18.1 Å². The van der Waals surface area contributed by atoms with Crippen LogP contribution in [0.1, 0.15) is 25.7 Å². The van der Waals surface area contributed by atoms with Crippen LogP contribution < -0.4 is 10.6 Å². The molecule has 5 heteroatoms. The van der Waals surface area contributed by atoms with Crippen LogP contribution in [0.4, 0.5) is 0 Å². The van der Waals surface area contributed by atoms with Crippen molar-refractivity contribution in [2.45, 2.75) is 43.9 Å². The highest BCUT2D eigenvalue weighted by atomic mass is 32.2. The second-order valence-electron chi connectivity index (χ2n) is 4.55. The van der Waals surface area contributed by atoms with Crippen molar-refractivity contribution in [3.63, 3.8) is 0 Å². The lowest BCUT2D eigenvalue weighted by molar-refractivity contribution is -0.124. The zero-order valence-electron chi connectivity index (χ0n) is 9.45. The lowest BCUT2D eigenvalue weighted by Crippen LogP contribution is -2.54. The number of amides is 1. The van der Waals surface area contributed by atoms with Gasteiger partial charge in [-0.2, -0.15) is 11.8 Å². The fourth-order valence-electron chi connectivity index (χ4n) is 2.30. The first-order valence-electron chi connectivity index (χ1n) is 6.07.